The number of carbonyl (C=O) groups excluding carboxylic acids is 1. The molecule has 1 aromatic rings. The molecule has 2 rings (SSSR count). The van der Waals surface area contributed by atoms with Gasteiger partial charge in [0.25, 0.3) is 0 Å². The molecule has 1 fully saturated rings. The number of amides is 1. The summed E-state index contributed by atoms with van der Waals surface area (Å²) >= 11 is 0. The van der Waals surface area contributed by atoms with Gasteiger partial charge in [-0.05, 0) is 45.4 Å². The van der Waals surface area contributed by atoms with Crippen LogP contribution in [0.3, 0.4) is 0 Å². The maximum absolute atomic E-state index is 12.1. The van der Waals surface area contributed by atoms with E-state index in [9.17, 15) is 4.79 Å². The van der Waals surface area contributed by atoms with Gasteiger partial charge in [0.2, 0.25) is 5.91 Å². The number of hydrogen-bond donors (Lipinski definition) is 2. The van der Waals surface area contributed by atoms with Crippen molar-refractivity contribution >= 4 is 5.91 Å². The van der Waals surface area contributed by atoms with E-state index in [1.165, 1.54) is 5.56 Å². The summed E-state index contributed by atoms with van der Waals surface area (Å²) in [5.41, 5.74) is 1.21. The highest BCUT2D eigenvalue weighted by atomic mass is 16.5. The van der Waals surface area contributed by atoms with Gasteiger partial charge in [-0.3, -0.25) is 4.79 Å². The van der Waals surface area contributed by atoms with Gasteiger partial charge in [0.1, 0.15) is 12.4 Å². The Labute approximate surface area is 120 Å². The molecule has 1 aliphatic heterocycles. The molecule has 0 saturated carbocycles. The second-order valence-electron chi connectivity index (χ2n) is 5.58. The molecule has 20 heavy (non-hydrogen) atoms. The molecule has 0 radical (unpaired) electrons. The highest BCUT2D eigenvalue weighted by Gasteiger charge is 2.21. The van der Waals surface area contributed by atoms with E-state index in [-0.39, 0.29) is 17.9 Å². The van der Waals surface area contributed by atoms with Crippen molar-refractivity contribution in [2.45, 2.75) is 32.7 Å². The van der Waals surface area contributed by atoms with Crippen LogP contribution in [0.5, 0.6) is 5.75 Å². The zero-order valence-corrected chi connectivity index (χ0v) is 12.3. The van der Waals surface area contributed by atoms with Gasteiger partial charge in [-0.15, -0.1) is 0 Å². The van der Waals surface area contributed by atoms with Crippen LogP contribution < -0.4 is 15.4 Å². The Morgan fingerprint density at radius 2 is 2.20 bits per heavy atom. The molecule has 2 unspecified atom stereocenters. The second kappa shape index (κ2) is 7.29. The van der Waals surface area contributed by atoms with Gasteiger partial charge in [-0.25, -0.2) is 0 Å². The average Bonchev–Trinajstić information content (AvgIpc) is 2.47. The Morgan fingerprint density at radius 1 is 1.45 bits per heavy atom. The van der Waals surface area contributed by atoms with Gasteiger partial charge in [0.05, 0.1) is 12.0 Å². The number of rotatable bonds is 5. The number of carbonyl (C=O) groups is 1. The highest BCUT2D eigenvalue weighted by Crippen LogP contribution is 2.12. The van der Waals surface area contributed by atoms with Crippen molar-refractivity contribution in [2.75, 3.05) is 19.7 Å². The first-order chi connectivity index (χ1) is 9.65. The monoisotopic (exact) mass is 276 g/mol. The minimum absolute atomic E-state index is 0.0192. The van der Waals surface area contributed by atoms with Crippen molar-refractivity contribution in [3.63, 3.8) is 0 Å². The third-order valence-electron chi connectivity index (χ3n) is 3.58. The predicted octanol–water partition coefficient (Wildman–Crippen LogP) is 1.88. The molecule has 0 aromatic heterocycles. The van der Waals surface area contributed by atoms with Crippen molar-refractivity contribution in [1.82, 2.24) is 10.6 Å². The summed E-state index contributed by atoms with van der Waals surface area (Å²) in [5, 5.41) is 6.29. The topological polar surface area (TPSA) is 50.4 Å². The van der Waals surface area contributed by atoms with E-state index in [0.29, 0.717) is 6.61 Å². The summed E-state index contributed by atoms with van der Waals surface area (Å²) in [6, 6.07) is 7.97. The third-order valence-corrected chi connectivity index (χ3v) is 3.58. The predicted molar refractivity (Wildman–Crippen MR) is 79.9 cm³/mol. The van der Waals surface area contributed by atoms with E-state index < -0.39 is 0 Å². The van der Waals surface area contributed by atoms with E-state index in [4.69, 9.17) is 4.74 Å². The molecule has 1 aromatic carbocycles. The van der Waals surface area contributed by atoms with Gasteiger partial charge in [0.15, 0.2) is 0 Å². The quantitative estimate of drug-likeness (QED) is 0.863. The van der Waals surface area contributed by atoms with Crippen molar-refractivity contribution in [1.29, 1.82) is 0 Å². The fraction of sp³-hybridized carbons (Fsp3) is 0.562. The molecular formula is C16H24N2O2. The van der Waals surface area contributed by atoms with Crippen LogP contribution in [0.1, 0.15) is 25.3 Å². The Kier molecular flexibility index (Phi) is 5.41. The van der Waals surface area contributed by atoms with E-state index in [2.05, 4.69) is 10.6 Å². The molecule has 4 nitrogen and oxygen atoms in total. The Balaban J connectivity index is 1.73. The molecule has 1 aliphatic rings. The first kappa shape index (κ1) is 14.9. The Hall–Kier alpha value is -1.55. The normalized spacial score (nSPS) is 20.2. The van der Waals surface area contributed by atoms with Crippen LogP contribution in [0.25, 0.3) is 0 Å². The molecule has 0 aliphatic carbocycles. The zero-order chi connectivity index (χ0) is 14.4. The summed E-state index contributed by atoms with van der Waals surface area (Å²) in [6.45, 7) is 6.33. The molecule has 1 amide bonds. The number of benzene rings is 1. The Morgan fingerprint density at radius 3 is 2.85 bits per heavy atom. The number of nitrogens with one attached hydrogen (secondary N) is 2. The summed E-state index contributed by atoms with van der Waals surface area (Å²) in [4.78, 5) is 12.1. The van der Waals surface area contributed by atoms with Gasteiger partial charge in [0, 0.05) is 6.54 Å². The van der Waals surface area contributed by atoms with Crippen molar-refractivity contribution in [2.24, 2.45) is 5.92 Å². The van der Waals surface area contributed by atoms with Gasteiger partial charge in [-0.1, -0.05) is 17.7 Å². The van der Waals surface area contributed by atoms with Crippen molar-refractivity contribution in [3.05, 3.63) is 29.8 Å². The molecule has 1 heterocycles. The number of aryl methyl sites for hydroxylation is 1. The van der Waals surface area contributed by atoms with Crippen LogP contribution in [0.15, 0.2) is 24.3 Å². The van der Waals surface area contributed by atoms with Crippen LogP contribution in [0.4, 0.5) is 0 Å². The van der Waals surface area contributed by atoms with Gasteiger partial charge < -0.3 is 15.4 Å². The molecule has 1 saturated heterocycles. The molecule has 0 spiro atoms. The standard InChI is InChI=1S/C16H24N2O2/c1-12-5-7-15(8-6-12)20-11-13(2)18-16(19)14-4-3-9-17-10-14/h5-8,13-14,17H,3-4,9-11H2,1-2H3,(H,18,19). The van der Waals surface area contributed by atoms with Crippen molar-refractivity contribution < 1.29 is 9.53 Å². The SMILES string of the molecule is Cc1ccc(OCC(C)NC(=O)C2CCCNC2)cc1. The molecular weight excluding hydrogens is 252 g/mol. The minimum atomic E-state index is 0.0192. The van der Waals surface area contributed by atoms with Gasteiger partial charge >= 0.3 is 0 Å². The summed E-state index contributed by atoms with van der Waals surface area (Å²) in [7, 11) is 0. The Bertz CT molecular complexity index is 425. The maximum atomic E-state index is 12.1. The molecule has 0 bridgehead atoms. The first-order valence-corrected chi connectivity index (χ1v) is 7.35. The smallest absolute Gasteiger partial charge is 0.224 e. The maximum Gasteiger partial charge on any atom is 0.224 e. The lowest BCUT2D eigenvalue weighted by molar-refractivity contribution is -0.126. The first-order valence-electron chi connectivity index (χ1n) is 7.35. The van der Waals surface area contributed by atoms with Crippen LogP contribution in [-0.2, 0) is 4.79 Å². The van der Waals surface area contributed by atoms with Crippen LogP contribution in [0.2, 0.25) is 0 Å². The van der Waals surface area contributed by atoms with Gasteiger partial charge in [-0.2, -0.15) is 0 Å². The number of ether oxygens (including phenoxy) is 1. The van der Waals surface area contributed by atoms with Crippen molar-refractivity contribution in [3.8, 4) is 5.75 Å². The lowest BCUT2D eigenvalue weighted by atomic mass is 9.98. The number of piperidine rings is 1. The fourth-order valence-corrected chi connectivity index (χ4v) is 2.33. The highest BCUT2D eigenvalue weighted by molar-refractivity contribution is 5.79. The zero-order valence-electron chi connectivity index (χ0n) is 12.3. The summed E-state index contributed by atoms with van der Waals surface area (Å²) < 4.78 is 5.68. The van der Waals surface area contributed by atoms with Crippen LogP contribution >= 0.6 is 0 Å². The van der Waals surface area contributed by atoms with E-state index in [1.54, 1.807) is 0 Å². The van der Waals surface area contributed by atoms with Crippen LogP contribution in [0, 0.1) is 12.8 Å². The van der Waals surface area contributed by atoms with E-state index >= 15 is 0 Å². The van der Waals surface area contributed by atoms with E-state index in [1.807, 2.05) is 38.1 Å². The minimum Gasteiger partial charge on any atom is -0.491 e. The average molecular weight is 276 g/mol. The summed E-state index contributed by atoms with van der Waals surface area (Å²) in [6.07, 6.45) is 2.05. The lowest BCUT2D eigenvalue weighted by Crippen LogP contribution is -2.45. The van der Waals surface area contributed by atoms with Crippen LogP contribution in [-0.4, -0.2) is 31.6 Å². The second-order valence-corrected chi connectivity index (χ2v) is 5.58. The molecule has 2 atom stereocenters. The number of hydrogen-bond acceptors (Lipinski definition) is 3. The van der Waals surface area contributed by atoms with E-state index in [0.717, 1.165) is 31.7 Å². The molecule has 110 valence electrons. The summed E-state index contributed by atoms with van der Waals surface area (Å²) in [5.74, 6) is 1.08. The fourth-order valence-electron chi connectivity index (χ4n) is 2.33. The molecule has 4 heteroatoms. The third kappa shape index (κ3) is 4.53. The molecule has 2 N–H and O–H groups in total. The lowest BCUT2D eigenvalue weighted by Gasteiger charge is -2.24. The largest absolute Gasteiger partial charge is 0.491 e.